The smallest absolute Gasteiger partial charge is 0.251 e. The molecule has 0 aliphatic carbocycles. The average Bonchev–Trinajstić information content (AvgIpc) is 2.54. The Morgan fingerprint density at radius 2 is 1.62 bits per heavy atom. The van der Waals surface area contributed by atoms with Crippen LogP contribution in [0.2, 0.25) is 0 Å². The molecule has 128 valence electrons. The number of methoxy groups -OCH3 is 1. The highest BCUT2D eigenvalue weighted by atomic mass is 16.5. The summed E-state index contributed by atoms with van der Waals surface area (Å²) in [6.07, 6.45) is 0. The van der Waals surface area contributed by atoms with Crippen LogP contribution in [0.15, 0.2) is 36.4 Å². The van der Waals surface area contributed by atoms with E-state index < -0.39 is 0 Å². The Labute approximate surface area is 145 Å². The van der Waals surface area contributed by atoms with Crippen LogP contribution in [-0.2, 0) is 0 Å². The van der Waals surface area contributed by atoms with Crippen LogP contribution in [0, 0.1) is 13.8 Å². The summed E-state index contributed by atoms with van der Waals surface area (Å²) in [5, 5.41) is 3.10. The second kappa shape index (κ2) is 7.52. The van der Waals surface area contributed by atoms with Crippen molar-refractivity contribution in [2.45, 2.75) is 46.6 Å². The predicted octanol–water partition coefficient (Wildman–Crippen LogP) is 4.93. The average molecular weight is 325 g/mol. The number of benzene rings is 2. The minimum atomic E-state index is -0.0674. The van der Waals surface area contributed by atoms with E-state index in [4.69, 9.17) is 4.74 Å². The van der Waals surface area contributed by atoms with Crippen molar-refractivity contribution in [1.82, 2.24) is 5.32 Å². The Bertz CT molecular complexity index is 717. The lowest BCUT2D eigenvalue weighted by Crippen LogP contribution is -2.27. The van der Waals surface area contributed by atoms with Crippen LogP contribution in [0.25, 0.3) is 0 Å². The molecule has 24 heavy (non-hydrogen) atoms. The van der Waals surface area contributed by atoms with Crippen molar-refractivity contribution in [3.63, 3.8) is 0 Å². The van der Waals surface area contributed by atoms with Gasteiger partial charge in [0.25, 0.3) is 5.91 Å². The highest BCUT2D eigenvalue weighted by Gasteiger charge is 2.17. The Hall–Kier alpha value is -2.29. The predicted molar refractivity (Wildman–Crippen MR) is 98.9 cm³/mol. The first kappa shape index (κ1) is 18.1. The number of hydrogen-bond donors (Lipinski definition) is 1. The van der Waals surface area contributed by atoms with Gasteiger partial charge in [0.1, 0.15) is 5.75 Å². The van der Waals surface area contributed by atoms with Crippen molar-refractivity contribution in [3.05, 3.63) is 64.2 Å². The van der Waals surface area contributed by atoms with Gasteiger partial charge in [0.05, 0.1) is 13.2 Å². The maximum absolute atomic E-state index is 12.5. The van der Waals surface area contributed by atoms with Crippen molar-refractivity contribution in [2.24, 2.45) is 0 Å². The second-order valence-corrected chi connectivity index (χ2v) is 6.67. The fraction of sp³-hybridized carbons (Fsp3) is 0.381. The van der Waals surface area contributed by atoms with Gasteiger partial charge in [-0.15, -0.1) is 0 Å². The lowest BCUT2D eigenvalue weighted by Gasteiger charge is -2.21. The molecule has 0 radical (unpaired) electrons. The van der Waals surface area contributed by atoms with Gasteiger partial charge >= 0.3 is 0 Å². The van der Waals surface area contributed by atoms with Gasteiger partial charge in [-0.1, -0.05) is 31.5 Å². The lowest BCUT2D eigenvalue weighted by atomic mass is 9.93. The first-order valence-corrected chi connectivity index (χ1v) is 8.39. The van der Waals surface area contributed by atoms with Crippen molar-refractivity contribution in [2.75, 3.05) is 7.11 Å². The standard InChI is InChI=1S/C21H27NO2/c1-13(2)18-12-19(15(4)11-20(18)24-6)16(5)22-21(23)17-9-7-14(3)8-10-17/h7-13,16H,1-6H3,(H,22,23). The normalized spacial score (nSPS) is 12.1. The van der Waals surface area contributed by atoms with E-state index in [-0.39, 0.29) is 11.9 Å². The number of carbonyl (C=O) groups is 1. The Balaban J connectivity index is 2.25. The van der Waals surface area contributed by atoms with Gasteiger partial charge in [0, 0.05) is 5.56 Å². The first-order chi connectivity index (χ1) is 11.3. The minimum absolute atomic E-state index is 0.0520. The fourth-order valence-corrected chi connectivity index (χ4v) is 2.87. The van der Waals surface area contributed by atoms with Crippen LogP contribution in [-0.4, -0.2) is 13.0 Å². The highest BCUT2D eigenvalue weighted by molar-refractivity contribution is 5.94. The van der Waals surface area contributed by atoms with E-state index in [9.17, 15) is 4.79 Å². The van der Waals surface area contributed by atoms with Crippen LogP contribution in [0.4, 0.5) is 0 Å². The van der Waals surface area contributed by atoms with Gasteiger partial charge in [-0.05, 0) is 67.6 Å². The summed E-state index contributed by atoms with van der Waals surface area (Å²) in [6.45, 7) is 10.4. The third kappa shape index (κ3) is 3.97. The quantitative estimate of drug-likeness (QED) is 0.847. The third-order valence-corrected chi connectivity index (χ3v) is 4.37. The van der Waals surface area contributed by atoms with Crippen LogP contribution < -0.4 is 10.1 Å². The van der Waals surface area contributed by atoms with Crippen LogP contribution >= 0.6 is 0 Å². The van der Waals surface area contributed by atoms with E-state index >= 15 is 0 Å². The van der Waals surface area contributed by atoms with Crippen LogP contribution in [0.1, 0.15) is 65.3 Å². The zero-order valence-corrected chi connectivity index (χ0v) is 15.4. The SMILES string of the molecule is COc1cc(C)c(C(C)NC(=O)c2ccc(C)cc2)cc1C(C)C. The largest absolute Gasteiger partial charge is 0.496 e. The van der Waals surface area contributed by atoms with Crippen molar-refractivity contribution in [1.29, 1.82) is 0 Å². The molecule has 1 amide bonds. The van der Waals surface area contributed by atoms with Gasteiger partial charge < -0.3 is 10.1 Å². The molecule has 3 nitrogen and oxygen atoms in total. The molecule has 0 spiro atoms. The van der Waals surface area contributed by atoms with Crippen molar-refractivity contribution in [3.8, 4) is 5.75 Å². The summed E-state index contributed by atoms with van der Waals surface area (Å²) in [6, 6.07) is 11.8. The first-order valence-electron chi connectivity index (χ1n) is 8.39. The van der Waals surface area contributed by atoms with Gasteiger partial charge in [-0.3, -0.25) is 4.79 Å². The summed E-state index contributed by atoms with van der Waals surface area (Å²) in [7, 11) is 1.70. The Kier molecular flexibility index (Phi) is 5.66. The van der Waals surface area contributed by atoms with E-state index in [1.807, 2.05) is 38.1 Å². The molecule has 2 aromatic carbocycles. The maximum atomic E-state index is 12.5. The molecule has 0 fully saturated rings. The molecule has 1 unspecified atom stereocenters. The zero-order valence-electron chi connectivity index (χ0n) is 15.4. The summed E-state index contributed by atoms with van der Waals surface area (Å²) in [5.41, 5.74) is 5.23. The van der Waals surface area contributed by atoms with Crippen LogP contribution in [0.3, 0.4) is 0 Å². The number of rotatable bonds is 5. The summed E-state index contributed by atoms with van der Waals surface area (Å²) in [5.74, 6) is 1.21. The number of amides is 1. The molecule has 2 rings (SSSR count). The molecule has 0 bridgehead atoms. The van der Waals surface area contributed by atoms with Gasteiger partial charge in [0.2, 0.25) is 0 Å². The lowest BCUT2D eigenvalue weighted by molar-refractivity contribution is 0.0940. The molecule has 1 N–H and O–H groups in total. The van der Waals surface area contributed by atoms with E-state index in [1.165, 1.54) is 0 Å². The van der Waals surface area contributed by atoms with Crippen molar-refractivity contribution < 1.29 is 9.53 Å². The number of hydrogen-bond acceptors (Lipinski definition) is 2. The van der Waals surface area contributed by atoms with Gasteiger partial charge in [-0.25, -0.2) is 0 Å². The van der Waals surface area contributed by atoms with Crippen LogP contribution in [0.5, 0.6) is 5.75 Å². The van der Waals surface area contributed by atoms with Gasteiger partial charge in [0.15, 0.2) is 0 Å². The maximum Gasteiger partial charge on any atom is 0.251 e. The van der Waals surface area contributed by atoms with E-state index in [1.54, 1.807) is 7.11 Å². The number of nitrogens with one attached hydrogen (secondary N) is 1. The molecular weight excluding hydrogens is 298 g/mol. The molecule has 0 aromatic heterocycles. The molecule has 0 aliphatic heterocycles. The minimum Gasteiger partial charge on any atom is -0.496 e. The molecule has 0 saturated heterocycles. The Morgan fingerprint density at radius 3 is 2.17 bits per heavy atom. The molecule has 3 heteroatoms. The topological polar surface area (TPSA) is 38.3 Å². The van der Waals surface area contributed by atoms with Crippen molar-refractivity contribution >= 4 is 5.91 Å². The summed E-state index contributed by atoms with van der Waals surface area (Å²) >= 11 is 0. The monoisotopic (exact) mass is 325 g/mol. The van der Waals surface area contributed by atoms with E-state index in [0.717, 1.165) is 28.0 Å². The van der Waals surface area contributed by atoms with E-state index in [0.29, 0.717) is 11.5 Å². The number of ether oxygens (including phenoxy) is 1. The molecule has 0 saturated carbocycles. The summed E-state index contributed by atoms with van der Waals surface area (Å²) < 4.78 is 5.50. The molecule has 2 aromatic rings. The van der Waals surface area contributed by atoms with E-state index in [2.05, 4.69) is 38.2 Å². The number of aryl methyl sites for hydroxylation is 2. The molecule has 0 heterocycles. The summed E-state index contributed by atoms with van der Waals surface area (Å²) in [4.78, 5) is 12.5. The number of carbonyl (C=O) groups excluding carboxylic acids is 1. The fourth-order valence-electron chi connectivity index (χ4n) is 2.87. The second-order valence-electron chi connectivity index (χ2n) is 6.67. The zero-order chi connectivity index (χ0) is 17.9. The third-order valence-electron chi connectivity index (χ3n) is 4.37. The van der Waals surface area contributed by atoms with Gasteiger partial charge in [-0.2, -0.15) is 0 Å². The highest BCUT2D eigenvalue weighted by Crippen LogP contribution is 2.32. The Morgan fingerprint density at radius 1 is 1.00 bits per heavy atom. The molecular formula is C21H27NO2. The molecule has 0 aliphatic rings. The molecule has 1 atom stereocenters.